The molecule has 1 fully saturated rings. The molecule has 2 heterocycles. The van der Waals surface area contributed by atoms with Crippen molar-refractivity contribution in [3.05, 3.63) is 88.1 Å². The number of amides is 3. The van der Waals surface area contributed by atoms with Gasteiger partial charge in [-0.1, -0.05) is 54.6 Å². The van der Waals surface area contributed by atoms with E-state index in [1.165, 1.54) is 0 Å². The number of nitrogens with zero attached hydrogens (tertiary/aromatic N) is 3. The van der Waals surface area contributed by atoms with Crippen LogP contribution in [0.4, 0.5) is 10.5 Å². The topological polar surface area (TPSA) is 65.1 Å². The molecule has 1 aliphatic heterocycles. The number of anilines is 1. The Morgan fingerprint density at radius 2 is 1.69 bits per heavy atom. The predicted octanol–water partition coefficient (Wildman–Crippen LogP) is 4.45. The zero-order chi connectivity index (χ0) is 25.2. The number of rotatable bonds is 10. The molecule has 8 heteroatoms. The maximum Gasteiger partial charge on any atom is 0.322 e. The van der Waals surface area contributed by atoms with Crippen LogP contribution in [0.2, 0.25) is 0 Å². The predicted molar refractivity (Wildman–Crippen MR) is 144 cm³/mol. The maximum absolute atomic E-state index is 13.6. The molecule has 1 aliphatic rings. The fourth-order valence-electron chi connectivity index (χ4n) is 4.14. The quantitative estimate of drug-likeness (QED) is 0.441. The summed E-state index contributed by atoms with van der Waals surface area (Å²) in [5.74, 6) is -0.0748. The van der Waals surface area contributed by atoms with Crippen molar-refractivity contribution in [1.82, 2.24) is 14.7 Å². The van der Waals surface area contributed by atoms with E-state index in [1.54, 1.807) is 16.2 Å². The Balaban J connectivity index is 1.49. The summed E-state index contributed by atoms with van der Waals surface area (Å²) in [6.45, 7) is 7.20. The van der Waals surface area contributed by atoms with E-state index in [4.69, 9.17) is 4.74 Å². The normalized spacial score (nSPS) is 13.8. The maximum atomic E-state index is 13.6. The fraction of sp³-hybridized carbons (Fsp3) is 0.357. The molecule has 36 heavy (non-hydrogen) atoms. The third-order valence-corrected chi connectivity index (χ3v) is 7.15. The van der Waals surface area contributed by atoms with Crippen LogP contribution in [-0.4, -0.2) is 72.6 Å². The molecule has 0 radical (unpaired) electrons. The van der Waals surface area contributed by atoms with Crippen LogP contribution >= 0.6 is 11.3 Å². The molecule has 3 amide bonds. The monoisotopic (exact) mass is 506 g/mol. The second-order valence-electron chi connectivity index (χ2n) is 8.94. The number of hydrogen-bond donors (Lipinski definition) is 1. The molecule has 3 aromatic rings. The highest BCUT2D eigenvalue weighted by Crippen LogP contribution is 2.17. The molecular formula is C28H34N4O3S. The molecule has 2 aromatic carbocycles. The number of aryl methyl sites for hydroxylation is 1. The lowest BCUT2D eigenvalue weighted by Gasteiger charge is -2.31. The molecular weight excluding hydrogens is 472 g/mol. The molecule has 0 unspecified atom stereocenters. The van der Waals surface area contributed by atoms with E-state index in [2.05, 4.69) is 10.2 Å². The van der Waals surface area contributed by atoms with E-state index in [1.807, 2.05) is 83.9 Å². The van der Waals surface area contributed by atoms with Crippen molar-refractivity contribution in [3.63, 3.8) is 0 Å². The van der Waals surface area contributed by atoms with E-state index in [9.17, 15) is 9.59 Å². The number of benzene rings is 2. The molecule has 0 saturated carbocycles. The van der Waals surface area contributed by atoms with Crippen molar-refractivity contribution >= 4 is 29.0 Å². The highest BCUT2D eigenvalue weighted by atomic mass is 32.1. The summed E-state index contributed by atoms with van der Waals surface area (Å²) in [6.07, 6.45) is 0. The fourth-order valence-corrected chi connectivity index (χ4v) is 4.86. The van der Waals surface area contributed by atoms with Crippen molar-refractivity contribution in [2.45, 2.75) is 20.0 Å². The first kappa shape index (κ1) is 25.9. The highest BCUT2D eigenvalue weighted by Gasteiger charge is 2.23. The number of thiophene rings is 1. The number of nitrogens with one attached hydrogen (secondary N) is 1. The number of hydrogen-bond acceptors (Lipinski definition) is 5. The smallest absolute Gasteiger partial charge is 0.322 e. The van der Waals surface area contributed by atoms with Crippen molar-refractivity contribution in [3.8, 4) is 0 Å². The Hall–Kier alpha value is -3.20. The van der Waals surface area contributed by atoms with Gasteiger partial charge in [-0.15, -0.1) is 11.3 Å². The second-order valence-corrected chi connectivity index (χ2v) is 9.97. The number of ether oxygens (including phenoxy) is 1. The Morgan fingerprint density at radius 3 is 2.42 bits per heavy atom. The number of morpholine rings is 1. The number of urea groups is 1. The molecule has 0 spiro atoms. The first-order valence-electron chi connectivity index (χ1n) is 12.3. The van der Waals surface area contributed by atoms with Crippen LogP contribution in [0.5, 0.6) is 0 Å². The van der Waals surface area contributed by atoms with Crippen LogP contribution in [0.3, 0.4) is 0 Å². The van der Waals surface area contributed by atoms with Gasteiger partial charge in [-0.05, 0) is 35.6 Å². The first-order chi connectivity index (χ1) is 17.6. The Kier molecular flexibility index (Phi) is 9.49. The van der Waals surface area contributed by atoms with Crippen LogP contribution in [0.25, 0.3) is 0 Å². The largest absolute Gasteiger partial charge is 0.379 e. The van der Waals surface area contributed by atoms with E-state index in [0.717, 1.165) is 34.8 Å². The minimum atomic E-state index is -0.262. The number of para-hydroxylation sites is 1. The highest BCUT2D eigenvalue weighted by molar-refractivity contribution is 7.09. The van der Waals surface area contributed by atoms with E-state index < -0.39 is 0 Å². The molecule has 1 aromatic heterocycles. The van der Waals surface area contributed by atoms with Crippen molar-refractivity contribution in [1.29, 1.82) is 0 Å². The first-order valence-corrected chi connectivity index (χ1v) is 13.2. The van der Waals surface area contributed by atoms with Gasteiger partial charge in [0.2, 0.25) is 5.91 Å². The summed E-state index contributed by atoms with van der Waals surface area (Å²) in [7, 11) is 0. The van der Waals surface area contributed by atoms with Gasteiger partial charge in [0.1, 0.15) is 6.54 Å². The van der Waals surface area contributed by atoms with Crippen LogP contribution in [0.15, 0.2) is 72.1 Å². The molecule has 0 bridgehead atoms. The zero-order valence-corrected chi connectivity index (χ0v) is 21.6. The molecule has 1 saturated heterocycles. The summed E-state index contributed by atoms with van der Waals surface area (Å²) >= 11 is 1.63. The molecule has 0 aliphatic carbocycles. The molecule has 7 nitrogen and oxygen atoms in total. The van der Waals surface area contributed by atoms with Gasteiger partial charge >= 0.3 is 6.03 Å². The van der Waals surface area contributed by atoms with Gasteiger partial charge in [0, 0.05) is 43.3 Å². The van der Waals surface area contributed by atoms with Crippen molar-refractivity contribution in [2.75, 3.05) is 51.3 Å². The SMILES string of the molecule is Cc1ccccc1NC(=O)N(CCN1CCOCC1)CC(=O)N(Cc1ccccc1)Cc1cccs1. The lowest BCUT2D eigenvalue weighted by Crippen LogP contribution is -2.48. The summed E-state index contributed by atoms with van der Waals surface area (Å²) in [6, 6.07) is 21.4. The van der Waals surface area contributed by atoms with Gasteiger partial charge in [0.05, 0.1) is 19.8 Å². The van der Waals surface area contributed by atoms with Gasteiger partial charge in [-0.25, -0.2) is 4.79 Å². The third-order valence-electron chi connectivity index (χ3n) is 6.29. The molecule has 190 valence electrons. The van der Waals surface area contributed by atoms with Gasteiger partial charge in [0.15, 0.2) is 0 Å². The van der Waals surface area contributed by atoms with Crippen LogP contribution in [0.1, 0.15) is 16.0 Å². The average molecular weight is 507 g/mol. The van der Waals surface area contributed by atoms with Crippen LogP contribution in [-0.2, 0) is 22.6 Å². The number of carbonyl (C=O) groups is 2. The summed E-state index contributed by atoms with van der Waals surface area (Å²) in [5.41, 5.74) is 2.80. The van der Waals surface area contributed by atoms with E-state index >= 15 is 0 Å². The Morgan fingerprint density at radius 1 is 0.944 bits per heavy atom. The summed E-state index contributed by atoms with van der Waals surface area (Å²) < 4.78 is 5.45. The van der Waals surface area contributed by atoms with Gasteiger partial charge in [-0.3, -0.25) is 9.69 Å². The Labute approximate surface area is 217 Å². The van der Waals surface area contributed by atoms with E-state index in [0.29, 0.717) is 39.4 Å². The van der Waals surface area contributed by atoms with Gasteiger partial charge in [0.25, 0.3) is 0 Å². The van der Waals surface area contributed by atoms with Crippen molar-refractivity contribution < 1.29 is 14.3 Å². The minimum absolute atomic E-state index is 0.0142. The van der Waals surface area contributed by atoms with Crippen LogP contribution < -0.4 is 5.32 Å². The lowest BCUT2D eigenvalue weighted by molar-refractivity contribution is -0.133. The molecule has 4 rings (SSSR count). The van der Waals surface area contributed by atoms with Gasteiger partial charge < -0.3 is 19.9 Å². The third kappa shape index (κ3) is 7.65. The van der Waals surface area contributed by atoms with Gasteiger partial charge in [-0.2, -0.15) is 0 Å². The molecule has 1 N–H and O–H groups in total. The van der Waals surface area contributed by atoms with Crippen LogP contribution in [0, 0.1) is 6.92 Å². The lowest BCUT2D eigenvalue weighted by atomic mass is 10.2. The summed E-state index contributed by atoms with van der Waals surface area (Å²) in [5, 5.41) is 5.03. The zero-order valence-electron chi connectivity index (χ0n) is 20.8. The second kappa shape index (κ2) is 13.2. The Bertz CT molecular complexity index is 1100. The summed E-state index contributed by atoms with van der Waals surface area (Å²) in [4.78, 5) is 33.9. The molecule has 0 atom stereocenters. The van der Waals surface area contributed by atoms with E-state index in [-0.39, 0.29) is 18.5 Å². The van der Waals surface area contributed by atoms with Crippen molar-refractivity contribution in [2.24, 2.45) is 0 Å². The number of carbonyl (C=O) groups excluding carboxylic acids is 2. The minimum Gasteiger partial charge on any atom is -0.379 e. The average Bonchev–Trinajstić information content (AvgIpc) is 3.42. The standard InChI is InChI=1S/C28H34N4O3S/c1-23-8-5-6-12-26(23)29-28(34)31(14-13-30-15-17-35-18-16-30)22-27(33)32(21-25-11-7-19-36-25)20-24-9-3-2-4-10-24/h2-12,19H,13-18,20-22H2,1H3,(H,29,34).